The highest BCUT2D eigenvalue weighted by molar-refractivity contribution is 5.63. The van der Waals surface area contributed by atoms with Crippen LogP contribution in [0.4, 0.5) is 0 Å². The van der Waals surface area contributed by atoms with Gasteiger partial charge in [0.05, 0.1) is 0 Å². The molecule has 0 saturated heterocycles. The second-order valence-corrected chi connectivity index (χ2v) is 6.41. The highest BCUT2D eigenvalue weighted by Gasteiger charge is 1.92. The van der Waals surface area contributed by atoms with Gasteiger partial charge in [0.15, 0.2) is 0 Å². The first-order valence-electron chi connectivity index (χ1n) is 9.62. The molecule has 0 aliphatic carbocycles. The van der Waals surface area contributed by atoms with Crippen LogP contribution in [0.1, 0.15) is 110 Å². The van der Waals surface area contributed by atoms with Crippen molar-refractivity contribution in [3.05, 3.63) is 12.2 Å². The van der Waals surface area contributed by atoms with Crippen molar-refractivity contribution in [3.63, 3.8) is 0 Å². The molecule has 0 unspecified atom stereocenters. The molecule has 0 bridgehead atoms. The second kappa shape index (κ2) is 18.3. The molecule has 0 spiro atoms. The van der Waals surface area contributed by atoms with E-state index in [1.54, 1.807) is 0 Å². The minimum absolute atomic E-state index is 0.226. The summed E-state index contributed by atoms with van der Waals surface area (Å²) in [7, 11) is 0. The Kier molecular flexibility index (Phi) is 17.6. The molecule has 0 aromatic carbocycles. The van der Waals surface area contributed by atoms with Crippen molar-refractivity contribution in [2.75, 3.05) is 0 Å². The predicted octanol–water partition coefficient (Wildman–Crippen LogP) is 5.55. The highest BCUT2D eigenvalue weighted by Crippen LogP contribution is 2.11. The zero-order valence-corrected chi connectivity index (χ0v) is 14.8. The van der Waals surface area contributed by atoms with Crippen LogP contribution in [-0.4, -0.2) is 5.97 Å². The van der Waals surface area contributed by atoms with Crippen LogP contribution in [0.15, 0.2) is 12.2 Å². The van der Waals surface area contributed by atoms with Crippen LogP contribution >= 0.6 is 0 Å². The average molecular weight is 310 g/mol. The molecule has 0 radical (unpaired) electrons. The first-order chi connectivity index (χ1) is 10.8. The van der Waals surface area contributed by atoms with Crippen LogP contribution < -0.4 is 5.11 Å². The number of allylic oxidation sites excluding steroid dienone is 2. The lowest BCUT2D eigenvalue weighted by Crippen LogP contribution is -2.21. The molecule has 0 heterocycles. The molecule has 0 N–H and O–H groups in total. The molecule has 0 aromatic heterocycles. The van der Waals surface area contributed by atoms with Crippen LogP contribution in [0.5, 0.6) is 0 Å². The van der Waals surface area contributed by atoms with Gasteiger partial charge >= 0.3 is 0 Å². The predicted molar refractivity (Wildman–Crippen MR) is 93.7 cm³/mol. The highest BCUT2D eigenvalue weighted by atomic mass is 16.4. The molecule has 0 amide bonds. The fourth-order valence-electron chi connectivity index (χ4n) is 2.69. The number of carboxylic acids is 1. The second-order valence-electron chi connectivity index (χ2n) is 6.41. The monoisotopic (exact) mass is 309 g/mol. The largest absolute Gasteiger partial charge is 0.550 e. The van der Waals surface area contributed by atoms with E-state index in [2.05, 4.69) is 19.1 Å². The molecule has 0 rings (SSSR count). The third-order valence-corrected chi connectivity index (χ3v) is 4.14. The van der Waals surface area contributed by atoms with Crippen molar-refractivity contribution in [3.8, 4) is 0 Å². The van der Waals surface area contributed by atoms with Gasteiger partial charge < -0.3 is 9.90 Å². The van der Waals surface area contributed by atoms with Gasteiger partial charge in [-0.05, 0) is 38.5 Å². The molecule has 0 aliphatic rings. The SMILES string of the molecule is CCCCCCCC/C=C/CCCCCCCCCC(=O)[O-]. The Hall–Kier alpha value is -0.790. The maximum Gasteiger partial charge on any atom is 0.0414 e. The van der Waals surface area contributed by atoms with Crippen molar-refractivity contribution < 1.29 is 9.90 Å². The molecule has 0 aromatic rings. The van der Waals surface area contributed by atoms with Gasteiger partial charge in [0.1, 0.15) is 0 Å². The van der Waals surface area contributed by atoms with Crippen LogP contribution in [0.2, 0.25) is 0 Å². The van der Waals surface area contributed by atoms with Gasteiger partial charge in [0.25, 0.3) is 0 Å². The zero-order valence-electron chi connectivity index (χ0n) is 14.8. The van der Waals surface area contributed by atoms with Crippen molar-refractivity contribution in [1.29, 1.82) is 0 Å². The van der Waals surface area contributed by atoms with Crippen LogP contribution in [0.25, 0.3) is 0 Å². The van der Waals surface area contributed by atoms with Crippen LogP contribution in [0.3, 0.4) is 0 Å². The molecule has 0 saturated carbocycles. The maximum absolute atomic E-state index is 10.2. The maximum atomic E-state index is 10.2. The van der Waals surface area contributed by atoms with E-state index in [-0.39, 0.29) is 6.42 Å². The topological polar surface area (TPSA) is 40.1 Å². The number of rotatable bonds is 17. The summed E-state index contributed by atoms with van der Waals surface area (Å²) in [5.74, 6) is -0.909. The average Bonchev–Trinajstić information content (AvgIpc) is 2.50. The lowest BCUT2D eigenvalue weighted by atomic mass is 10.1. The summed E-state index contributed by atoms with van der Waals surface area (Å²) in [6.45, 7) is 2.26. The van der Waals surface area contributed by atoms with E-state index in [0.29, 0.717) is 0 Å². The van der Waals surface area contributed by atoms with Gasteiger partial charge in [-0.2, -0.15) is 0 Å². The summed E-state index contributed by atoms with van der Waals surface area (Å²) in [5, 5.41) is 10.2. The molecule has 130 valence electrons. The van der Waals surface area contributed by atoms with Gasteiger partial charge in [-0.3, -0.25) is 0 Å². The third kappa shape index (κ3) is 19.2. The number of hydrogen-bond donors (Lipinski definition) is 0. The Morgan fingerprint density at radius 2 is 1.09 bits per heavy atom. The Bertz CT molecular complexity index is 258. The molecule has 0 aliphatic heterocycles. The van der Waals surface area contributed by atoms with E-state index in [1.165, 1.54) is 83.5 Å². The molecular formula is C20H37O2-. The number of carboxylic acid groups (broad SMARTS) is 1. The van der Waals surface area contributed by atoms with Gasteiger partial charge in [-0.15, -0.1) is 0 Å². The van der Waals surface area contributed by atoms with E-state index in [4.69, 9.17) is 0 Å². The third-order valence-electron chi connectivity index (χ3n) is 4.14. The van der Waals surface area contributed by atoms with Crippen LogP contribution in [-0.2, 0) is 4.79 Å². The van der Waals surface area contributed by atoms with Crippen molar-refractivity contribution in [1.82, 2.24) is 0 Å². The van der Waals surface area contributed by atoms with E-state index in [0.717, 1.165) is 12.8 Å². The minimum Gasteiger partial charge on any atom is -0.550 e. The first kappa shape index (κ1) is 21.2. The van der Waals surface area contributed by atoms with Crippen LogP contribution in [0, 0.1) is 0 Å². The van der Waals surface area contributed by atoms with Gasteiger partial charge in [0, 0.05) is 5.97 Å². The Labute approximate surface area is 138 Å². The Morgan fingerprint density at radius 3 is 1.55 bits per heavy atom. The Balaban J connectivity index is 3.06. The van der Waals surface area contributed by atoms with Gasteiger partial charge in [-0.1, -0.05) is 83.3 Å². The fraction of sp³-hybridized carbons (Fsp3) is 0.850. The number of carbonyl (C=O) groups excluding carboxylic acids is 1. The van der Waals surface area contributed by atoms with Gasteiger partial charge in [0.2, 0.25) is 0 Å². The summed E-state index contributed by atoms with van der Waals surface area (Å²) >= 11 is 0. The lowest BCUT2D eigenvalue weighted by Gasteiger charge is -2.02. The Morgan fingerprint density at radius 1 is 0.682 bits per heavy atom. The standard InChI is InChI=1S/C20H38O2/c1-2-3-4-5-6-7-8-9-10-11-12-13-14-15-16-17-18-19-20(21)22/h9-10H,2-8,11-19H2,1H3,(H,21,22)/p-1/b10-9+. The molecule has 2 heteroatoms. The molecule has 2 nitrogen and oxygen atoms in total. The molecular weight excluding hydrogens is 272 g/mol. The molecule has 0 fully saturated rings. The summed E-state index contributed by atoms with van der Waals surface area (Å²) in [5.41, 5.74) is 0. The lowest BCUT2D eigenvalue weighted by molar-refractivity contribution is -0.305. The minimum atomic E-state index is -0.909. The van der Waals surface area contributed by atoms with E-state index in [1.807, 2.05) is 0 Å². The fourth-order valence-corrected chi connectivity index (χ4v) is 2.69. The number of aliphatic carboxylic acids is 1. The zero-order chi connectivity index (χ0) is 16.3. The van der Waals surface area contributed by atoms with Gasteiger partial charge in [-0.25, -0.2) is 0 Å². The summed E-state index contributed by atoms with van der Waals surface area (Å²) in [6.07, 6.45) is 23.8. The van der Waals surface area contributed by atoms with E-state index < -0.39 is 5.97 Å². The molecule has 22 heavy (non-hydrogen) atoms. The first-order valence-corrected chi connectivity index (χ1v) is 9.62. The van der Waals surface area contributed by atoms with Crippen molar-refractivity contribution in [2.45, 2.75) is 110 Å². The normalized spacial score (nSPS) is 11.3. The number of carbonyl (C=O) groups is 1. The summed E-state index contributed by atoms with van der Waals surface area (Å²) in [4.78, 5) is 10.2. The number of unbranched alkanes of at least 4 members (excludes halogenated alkanes) is 13. The van der Waals surface area contributed by atoms with E-state index in [9.17, 15) is 9.90 Å². The number of hydrogen-bond acceptors (Lipinski definition) is 2. The summed E-state index contributed by atoms with van der Waals surface area (Å²) in [6, 6.07) is 0. The molecule has 0 atom stereocenters. The smallest absolute Gasteiger partial charge is 0.0414 e. The van der Waals surface area contributed by atoms with E-state index >= 15 is 0 Å². The van der Waals surface area contributed by atoms with Crippen molar-refractivity contribution >= 4 is 5.97 Å². The van der Waals surface area contributed by atoms with Crippen molar-refractivity contribution in [2.24, 2.45) is 0 Å². The summed E-state index contributed by atoms with van der Waals surface area (Å²) < 4.78 is 0. The quantitative estimate of drug-likeness (QED) is 0.261.